The first-order valence-corrected chi connectivity index (χ1v) is 8.75. The zero-order valence-electron chi connectivity index (χ0n) is 13.0. The Morgan fingerprint density at radius 2 is 2.21 bits per heavy atom. The number of nitrogens with zero attached hydrogens (tertiary/aromatic N) is 4. The summed E-state index contributed by atoms with van der Waals surface area (Å²) >= 11 is 1.35. The molecular formula is C17H16N4O2S. The Labute approximate surface area is 142 Å². The highest BCUT2D eigenvalue weighted by Crippen LogP contribution is 2.30. The molecule has 4 rings (SSSR count). The molecule has 6 nitrogen and oxygen atoms in total. The van der Waals surface area contributed by atoms with Crippen molar-refractivity contribution in [1.82, 2.24) is 19.4 Å². The number of fused-ring (bicyclic) bond motifs is 1. The molecule has 1 amide bonds. The lowest BCUT2D eigenvalue weighted by Gasteiger charge is -2.24. The van der Waals surface area contributed by atoms with Crippen LogP contribution in [0.25, 0.3) is 10.2 Å². The first-order chi connectivity index (χ1) is 11.7. The minimum Gasteiger partial charge on any atom is -0.333 e. The van der Waals surface area contributed by atoms with E-state index in [0.29, 0.717) is 16.8 Å². The van der Waals surface area contributed by atoms with Crippen LogP contribution in [0.5, 0.6) is 0 Å². The van der Waals surface area contributed by atoms with Gasteiger partial charge in [0.15, 0.2) is 0 Å². The summed E-state index contributed by atoms with van der Waals surface area (Å²) in [5.41, 5.74) is 1.43. The molecule has 0 unspecified atom stereocenters. The highest BCUT2D eigenvalue weighted by molar-refractivity contribution is 7.17. The van der Waals surface area contributed by atoms with Gasteiger partial charge in [0, 0.05) is 12.7 Å². The lowest BCUT2D eigenvalue weighted by atomic mass is 10.1. The first-order valence-electron chi connectivity index (χ1n) is 7.87. The Balaban J connectivity index is 1.59. The molecule has 0 saturated carbocycles. The maximum atomic E-state index is 12.7. The first kappa shape index (κ1) is 15.0. The van der Waals surface area contributed by atoms with Crippen LogP contribution >= 0.6 is 11.3 Å². The van der Waals surface area contributed by atoms with Crippen LogP contribution in [0.15, 0.2) is 47.0 Å². The molecule has 1 saturated heterocycles. The molecule has 0 aromatic carbocycles. The molecular weight excluding hydrogens is 324 g/mol. The number of pyridine rings is 1. The van der Waals surface area contributed by atoms with Crippen LogP contribution < -0.4 is 5.56 Å². The molecule has 24 heavy (non-hydrogen) atoms. The van der Waals surface area contributed by atoms with Crippen molar-refractivity contribution in [3.8, 4) is 0 Å². The molecule has 0 N–H and O–H groups in total. The van der Waals surface area contributed by atoms with Gasteiger partial charge in [0.05, 0.1) is 23.6 Å². The van der Waals surface area contributed by atoms with E-state index >= 15 is 0 Å². The zero-order valence-corrected chi connectivity index (χ0v) is 13.8. The predicted octanol–water partition coefficient (Wildman–Crippen LogP) is 2.22. The Hall–Kier alpha value is -2.54. The summed E-state index contributed by atoms with van der Waals surface area (Å²) in [6.07, 6.45) is 5.06. The van der Waals surface area contributed by atoms with Crippen molar-refractivity contribution in [3.05, 3.63) is 58.2 Å². The van der Waals surface area contributed by atoms with E-state index in [4.69, 9.17) is 0 Å². The van der Waals surface area contributed by atoms with E-state index in [1.807, 2.05) is 34.5 Å². The van der Waals surface area contributed by atoms with E-state index in [1.165, 1.54) is 22.2 Å². The summed E-state index contributed by atoms with van der Waals surface area (Å²) in [6.45, 7) is 0.715. The van der Waals surface area contributed by atoms with Gasteiger partial charge in [-0.25, -0.2) is 4.98 Å². The summed E-state index contributed by atoms with van der Waals surface area (Å²) < 4.78 is 1.99. The highest BCUT2D eigenvalue weighted by atomic mass is 32.1. The predicted molar refractivity (Wildman–Crippen MR) is 91.8 cm³/mol. The van der Waals surface area contributed by atoms with E-state index in [9.17, 15) is 9.59 Å². The van der Waals surface area contributed by atoms with Crippen molar-refractivity contribution in [2.24, 2.45) is 0 Å². The number of rotatable bonds is 3. The zero-order chi connectivity index (χ0) is 16.5. The molecule has 1 atom stereocenters. The topological polar surface area (TPSA) is 68.1 Å². The Morgan fingerprint density at radius 1 is 1.29 bits per heavy atom. The van der Waals surface area contributed by atoms with Gasteiger partial charge in [-0.15, -0.1) is 11.3 Å². The average Bonchev–Trinajstić information content (AvgIpc) is 3.27. The monoisotopic (exact) mass is 340 g/mol. The van der Waals surface area contributed by atoms with Gasteiger partial charge < -0.3 is 4.90 Å². The van der Waals surface area contributed by atoms with Crippen LogP contribution in [0.3, 0.4) is 0 Å². The van der Waals surface area contributed by atoms with Crippen LogP contribution in [-0.4, -0.2) is 31.9 Å². The third-order valence-corrected chi connectivity index (χ3v) is 5.24. The van der Waals surface area contributed by atoms with Crippen molar-refractivity contribution in [1.29, 1.82) is 0 Å². The van der Waals surface area contributed by atoms with Gasteiger partial charge in [0.1, 0.15) is 11.2 Å². The molecule has 1 fully saturated rings. The van der Waals surface area contributed by atoms with E-state index in [2.05, 4.69) is 9.97 Å². The molecule has 122 valence electrons. The molecule has 1 aliphatic rings. The maximum Gasteiger partial charge on any atom is 0.271 e. The molecule has 0 aliphatic carbocycles. The standard InChI is InChI=1S/C17H16N4O2S/c22-15(10-20-11-19-13-6-9-24-16(13)17(20)23)21-8-3-5-14(21)12-4-1-2-7-18-12/h1-2,4,6-7,9,11,14H,3,5,8,10H2/t14-/m1/s1. The lowest BCUT2D eigenvalue weighted by Crippen LogP contribution is -2.36. The van der Waals surface area contributed by atoms with Crippen molar-refractivity contribution in [2.45, 2.75) is 25.4 Å². The Bertz CT molecular complexity index is 934. The Morgan fingerprint density at radius 3 is 3.04 bits per heavy atom. The largest absolute Gasteiger partial charge is 0.333 e. The molecule has 0 spiro atoms. The number of thiophene rings is 1. The summed E-state index contributed by atoms with van der Waals surface area (Å²) in [4.78, 5) is 35.6. The van der Waals surface area contributed by atoms with Crippen molar-refractivity contribution >= 4 is 27.5 Å². The number of carbonyl (C=O) groups is 1. The fraction of sp³-hybridized carbons (Fsp3) is 0.294. The van der Waals surface area contributed by atoms with Crippen LogP contribution in [0, 0.1) is 0 Å². The third-order valence-electron chi connectivity index (χ3n) is 4.34. The quantitative estimate of drug-likeness (QED) is 0.733. The molecule has 7 heteroatoms. The van der Waals surface area contributed by atoms with Gasteiger partial charge in [-0.2, -0.15) is 0 Å². The molecule has 3 aromatic heterocycles. The van der Waals surface area contributed by atoms with Crippen LogP contribution in [-0.2, 0) is 11.3 Å². The number of amides is 1. The second-order valence-electron chi connectivity index (χ2n) is 5.81. The highest BCUT2D eigenvalue weighted by Gasteiger charge is 2.30. The molecule has 0 bridgehead atoms. The average molecular weight is 340 g/mol. The molecule has 4 heterocycles. The van der Waals surface area contributed by atoms with E-state index in [1.54, 1.807) is 6.20 Å². The van der Waals surface area contributed by atoms with E-state index < -0.39 is 0 Å². The smallest absolute Gasteiger partial charge is 0.271 e. The van der Waals surface area contributed by atoms with Crippen LogP contribution in [0.4, 0.5) is 0 Å². The lowest BCUT2D eigenvalue weighted by molar-refractivity contribution is -0.132. The fourth-order valence-electron chi connectivity index (χ4n) is 3.17. The number of hydrogen-bond acceptors (Lipinski definition) is 5. The van der Waals surface area contributed by atoms with Gasteiger partial charge >= 0.3 is 0 Å². The Kier molecular flexibility index (Phi) is 3.86. The van der Waals surface area contributed by atoms with E-state index in [0.717, 1.165) is 18.5 Å². The second kappa shape index (κ2) is 6.16. The number of aromatic nitrogens is 3. The third kappa shape index (κ3) is 2.60. The SMILES string of the molecule is O=C(Cn1cnc2ccsc2c1=O)N1CCC[C@@H]1c1ccccn1. The summed E-state index contributed by atoms with van der Waals surface area (Å²) in [6, 6.07) is 7.55. The maximum absolute atomic E-state index is 12.7. The summed E-state index contributed by atoms with van der Waals surface area (Å²) in [5, 5.41) is 1.84. The fourth-order valence-corrected chi connectivity index (χ4v) is 3.97. The van der Waals surface area contributed by atoms with Crippen LogP contribution in [0.2, 0.25) is 0 Å². The number of carbonyl (C=O) groups excluding carboxylic acids is 1. The second-order valence-corrected chi connectivity index (χ2v) is 6.73. The molecule has 1 aliphatic heterocycles. The summed E-state index contributed by atoms with van der Waals surface area (Å²) in [5.74, 6) is -0.0667. The summed E-state index contributed by atoms with van der Waals surface area (Å²) in [7, 11) is 0. The van der Waals surface area contributed by atoms with Gasteiger partial charge in [-0.1, -0.05) is 6.07 Å². The molecule has 0 radical (unpaired) electrons. The van der Waals surface area contributed by atoms with Gasteiger partial charge in [0.2, 0.25) is 5.91 Å². The van der Waals surface area contributed by atoms with Gasteiger partial charge in [-0.05, 0) is 36.4 Å². The van der Waals surface area contributed by atoms with Crippen LogP contribution in [0.1, 0.15) is 24.6 Å². The van der Waals surface area contributed by atoms with Crippen molar-refractivity contribution in [3.63, 3.8) is 0 Å². The van der Waals surface area contributed by atoms with Crippen molar-refractivity contribution in [2.75, 3.05) is 6.54 Å². The minimum absolute atomic E-state index is 0.00664. The van der Waals surface area contributed by atoms with E-state index in [-0.39, 0.29) is 24.1 Å². The van der Waals surface area contributed by atoms with Crippen molar-refractivity contribution < 1.29 is 4.79 Å². The van der Waals surface area contributed by atoms with Gasteiger partial charge in [-0.3, -0.25) is 19.1 Å². The van der Waals surface area contributed by atoms with Gasteiger partial charge in [0.25, 0.3) is 5.56 Å². The normalized spacial score (nSPS) is 17.5. The minimum atomic E-state index is -0.156. The molecule has 3 aromatic rings. The number of hydrogen-bond donors (Lipinski definition) is 0. The number of likely N-dealkylation sites (tertiary alicyclic amines) is 1.